The molecule has 1 aliphatic heterocycles. The monoisotopic (exact) mass is 311 g/mol. The topological polar surface area (TPSA) is 32.3 Å². The van der Waals surface area contributed by atoms with E-state index in [1.54, 1.807) is 11.3 Å². The summed E-state index contributed by atoms with van der Waals surface area (Å²) in [5.74, 6) is 6.57. The summed E-state index contributed by atoms with van der Waals surface area (Å²) in [6.07, 6.45) is -0.441. The highest BCUT2D eigenvalue weighted by atomic mass is 32.1. The highest BCUT2D eigenvalue weighted by Gasteiger charge is 2.39. The number of hydrogen-bond donors (Lipinski definition) is 2. The number of rotatable bonds is 0. The summed E-state index contributed by atoms with van der Waals surface area (Å²) >= 11 is 1.65. The first-order chi connectivity index (χ1) is 10.4. The van der Waals surface area contributed by atoms with Crippen molar-refractivity contribution < 1.29 is 5.11 Å². The van der Waals surface area contributed by atoms with Gasteiger partial charge in [0, 0.05) is 17.2 Å². The minimum atomic E-state index is -0.441. The molecule has 0 radical (unpaired) electrons. The van der Waals surface area contributed by atoms with E-state index in [9.17, 15) is 5.11 Å². The van der Waals surface area contributed by atoms with E-state index in [1.165, 1.54) is 5.56 Å². The van der Waals surface area contributed by atoms with Crippen LogP contribution < -0.4 is 5.32 Å². The molecule has 0 bridgehead atoms. The maximum absolute atomic E-state index is 10.6. The summed E-state index contributed by atoms with van der Waals surface area (Å²) in [5.41, 5.74) is 4.13. The number of anilines is 1. The summed E-state index contributed by atoms with van der Waals surface area (Å²) in [7, 11) is 0. The third-order valence-corrected chi connectivity index (χ3v) is 5.20. The van der Waals surface area contributed by atoms with Crippen molar-refractivity contribution in [2.24, 2.45) is 0 Å². The van der Waals surface area contributed by atoms with Crippen molar-refractivity contribution in [3.05, 3.63) is 51.2 Å². The smallest absolute Gasteiger partial charge is 0.0831 e. The molecule has 0 spiro atoms. The molecule has 0 saturated heterocycles. The zero-order valence-corrected chi connectivity index (χ0v) is 14.2. The van der Waals surface area contributed by atoms with Crippen LogP contribution in [0.5, 0.6) is 0 Å². The Kier molecular flexibility index (Phi) is 3.76. The number of benzene rings is 1. The molecule has 2 N–H and O–H groups in total. The number of thiophene rings is 1. The van der Waals surface area contributed by atoms with E-state index in [-0.39, 0.29) is 11.5 Å². The molecule has 1 aromatic carbocycles. The van der Waals surface area contributed by atoms with E-state index >= 15 is 0 Å². The number of fused-ring (bicyclic) bond motifs is 1. The molecule has 1 aromatic heterocycles. The number of nitrogens with one attached hydrogen (secondary N) is 1. The van der Waals surface area contributed by atoms with Gasteiger partial charge >= 0.3 is 0 Å². The quantitative estimate of drug-likeness (QED) is 0.717. The lowest BCUT2D eigenvalue weighted by atomic mass is 9.76. The number of aliphatic hydroxyl groups excluding tert-OH is 1. The van der Waals surface area contributed by atoms with Gasteiger partial charge in [-0.25, -0.2) is 0 Å². The van der Waals surface area contributed by atoms with E-state index in [0.717, 1.165) is 21.7 Å². The first-order valence-corrected chi connectivity index (χ1v) is 8.43. The summed E-state index contributed by atoms with van der Waals surface area (Å²) in [6, 6.07) is 8.20. The molecule has 1 aliphatic rings. The third-order valence-electron chi connectivity index (χ3n) is 4.41. The fourth-order valence-electron chi connectivity index (χ4n) is 3.13. The van der Waals surface area contributed by atoms with Gasteiger partial charge in [0.2, 0.25) is 0 Å². The predicted octanol–water partition coefficient (Wildman–Crippen LogP) is 4.12. The fourth-order valence-corrected chi connectivity index (χ4v) is 3.70. The zero-order valence-electron chi connectivity index (χ0n) is 13.4. The molecule has 3 rings (SSSR count). The van der Waals surface area contributed by atoms with Gasteiger partial charge in [0.05, 0.1) is 16.5 Å². The van der Waals surface area contributed by atoms with Crippen LogP contribution in [0, 0.1) is 18.8 Å². The van der Waals surface area contributed by atoms with Crippen molar-refractivity contribution in [2.45, 2.75) is 45.3 Å². The molecule has 114 valence electrons. The van der Waals surface area contributed by atoms with E-state index in [1.807, 2.05) is 31.4 Å². The van der Waals surface area contributed by atoms with Crippen LogP contribution >= 0.6 is 11.3 Å². The Hall–Kier alpha value is -1.76. The maximum Gasteiger partial charge on any atom is 0.0831 e. The van der Waals surface area contributed by atoms with Crippen LogP contribution in [0.3, 0.4) is 0 Å². The third kappa shape index (κ3) is 2.54. The predicted molar refractivity (Wildman–Crippen MR) is 93.6 cm³/mol. The van der Waals surface area contributed by atoms with E-state index < -0.39 is 6.10 Å². The molecule has 0 saturated carbocycles. The van der Waals surface area contributed by atoms with Gasteiger partial charge in [0.15, 0.2) is 0 Å². The first kappa shape index (κ1) is 15.1. The van der Waals surface area contributed by atoms with Gasteiger partial charge in [0.25, 0.3) is 0 Å². The normalized spacial score (nSPS) is 22.2. The molecule has 3 heteroatoms. The largest absolute Gasteiger partial charge is 0.390 e. The highest BCUT2D eigenvalue weighted by Crippen LogP contribution is 2.42. The van der Waals surface area contributed by atoms with Crippen LogP contribution in [0.25, 0.3) is 0 Å². The van der Waals surface area contributed by atoms with E-state index in [4.69, 9.17) is 0 Å². The van der Waals surface area contributed by atoms with Gasteiger partial charge in [-0.05, 0) is 49.4 Å². The minimum Gasteiger partial charge on any atom is -0.390 e. The number of aryl methyl sites for hydroxylation is 1. The van der Waals surface area contributed by atoms with Gasteiger partial charge < -0.3 is 10.4 Å². The Balaban J connectivity index is 2.12. The molecule has 1 unspecified atom stereocenters. The highest BCUT2D eigenvalue weighted by molar-refractivity contribution is 7.10. The average Bonchev–Trinajstić information content (AvgIpc) is 2.98. The second kappa shape index (κ2) is 5.46. The van der Waals surface area contributed by atoms with Crippen molar-refractivity contribution in [1.82, 2.24) is 0 Å². The molecule has 2 heterocycles. The Labute approximate surface area is 136 Å². The van der Waals surface area contributed by atoms with Crippen molar-refractivity contribution in [2.75, 3.05) is 5.32 Å². The number of hydrogen-bond acceptors (Lipinski definition) is 3. The minimum absolute atomic E-state index is 0.0544. The van der Waals surface area contributed by atoms with Gasteiger partial charge in [-0.1, -0.05) is 30.9 Å². The van der Waals surface area contributed by atoms with Gasteiger partial charge in [-0.2, -0.15) is 0 Å². The Morgan fingerprint density at radius 1 is 1.23 bits per heavy atom. The zero-order chi connectivity index (χ0) is 15.9. The lowest BCUT2D eigenvalue weighted by molar-refractivity contribution is 0.0867. The maximum atomic E-state index is 10.6. The van der Waals surface area contributed by atoms with Crippen molar-refractivity contribution in [3.8, 4) is 11.8 Å². The van der Waals surface area contributed by atoms with Gasteiger partial charge in [-0.3, -0.25) is 0 Å². The van der Waals surface area contributed by atoms with Crippen LogP contribution in [0.4, 0.5) is 5.69 Å². The Morgan fingerprint density at radius 2 is 2.00 bits per heavy atom. The van der Waals surface area contributed by atoms with Gasteiger partial charge in [-0.15, -0.1) is 11.3 Å². The first-order valence-electron chi connectivity index (χ1n) is 7.55. The van der Waals surface area contributed by atoms with Crippen LogP contribution in [-0.4, -0.2) is 16.7 Å². The Bertz CT molecular complexity index is 750. The van der Waals surface area contributed by atoms with E-state index in [2.05, 4.69) is 43.1 Å². The second-order valence-electron chi connectivity index (χ2n) is 6.53. The second-order valence-corrected chi connectivity index (χ2v) is 7.47. The van der Waals surface area contributed by atoms with Crippen molar-refractivity contribution in [1.29, 1.82) is 0 Å². The Morgan fingerprint density at radius 3 is 2.68 bits per heavy atom. The number of aliphatic hydroxyl groups is 1. The van der Waals surface area contributed by atoms with Crippen molar-refractivity contribution in [3.63, 3.8) is 0 Å². The molecule has 0 aliphatic carbocycles. The van der Waals surface area contributed by atoms with Crippen LogP contribution in [0.15, 0.2) is 29.6 Å². The molecule has 0 fully saturated rings. The average molecular weight is 311 g/mol. The molecule has 2 aromatic rings. The van der Waals surface area contributed by atoms with Crippen LogP contribution in [-0.2, 0) is 0 Å². The molecule has 2 nitrogen and oxygen atoms in total. The fraction of sp³-hybridized carbons (Fsp3) is 0.368. The summed E-state index contributed by atoms with van der Waals surface area (Å²) in [6.45, 7) is 8.27. The van der Waals surface area contributed by atoms with Gasteiger partial charge in [0.1, 0.15) is 0 Å². The molecule has 2 atom stereocenters. The summed E-state index contributed by atoms with van der Waals surface area (Å²) < 4.78 is 0. The SMILES string of the molecule is Cc1ccc(C#Cc2cccs2)c2c1NC(C)(C)C(O)[C@H]2C. The molecule has 22 heavy (non-hydrogen) atoms. The molecular weight excluding hydrogens is 290 g/mol. The standard InChI is InChI=1S/C19H21NOS/c1-12-7-8-14(9-10-15-6-5-11-22-15)16-13(2)18(21)19(3,4)20-17(12)16/h5-8,11,13,18,20-21H,1-4H3/t13-,18?/m0/s1. The lowest BCUT2D eigenvalue weighted by Gasteiger charge is -2.43. The summed E-state index contributed by atoms with van der Waals surface area (Å²) in [4.78, 5) is 1.06. The van der Waals surface area contributed by atoms with Crippen LogP contribution in [0.2, 0.25) is 0 Å². The van der Waals surface area contributed by atoms with E-state index in [0.29, 0.717) is 0 Å². The van der Waals surface area contributed by atoms with Crippen molar-refractivity contribution >= 4 is 17.0 Å². The van der Waals surface area contributed by atoms with Crippen LogP contribution in [0.1, 0.15) is 48.3 Å². The molecular formula is C19H21NOS. The molecule has 0 amide bonds. The lowest BCUT2D eigenvalue weighted by Crippen LogP contribution is -2.50. The summed E-state index contributed by atoms with van der Waals surface area (Å²) in [5, 5.41) is 16.1.